The number of likely N-dealkylation sites (tertiary alicyclic amines) is 1. The number of rotatable bonds is 2. The fourth-order valence-corrected chi connectivity index (χ4v) is 3.23. The quantitative estimate of drug-likeness (QED) is 0.842. The number of aromatic nitrogens is 3. The number of allylic oxidation sites excluding steroid dienone is 3. The standard InChI is InChI=1S/C14H17F3N4S/c1-13(21-12(22)18-11(19-21)14(15,16)17)6-4-10(5-7-13)20-8-2-3-9-20/h4-6H,2-3,7-9H2,1H3,(H,18,19,22). The Labute approximate surface area is 131 Å². The van der Waals surface area contributed by atoms with Crippen molar-refractivity contribution in [2.75, 3.05) is 13.1 Å². The lowest BCUT2D eigenvalue weighted by Gasteiger charge is -2.31. The normalized spacial score (nSPS) is 25.6. The Morgan fingerprint density at radius 3 is 2.50 bits per heavy atom. The van der Waals surface area contributed by atoms with Gasteiger partial charge in [0.15, 0.2) is 0 Å². The SMILES string of the molecule is CC1(n2[nH]c(C(F)(F)F)nc2=S)C=CC(N2CCCC2)=CC1. The van der Waals surface area contributed by atoms with Crippen LogP contribution in [0.3, 0.4) is 0 Å². The van der Waals surface area contributed by atoms with E-state index in [2.05, 4.69) is 21.1 Å². The van der Waals surface area contributed by atoms with Gasteiger partial charge in [-0.1, -0.05) is 12.2 Å². The van der Waals surface area contributed by atoms with Crippen molar-refractivity contribution in [2.45, 2.75) is 37.9 Å². The van der Waals surface area contributed by atoms with Crippen LogP contribution >= 0.6 is 12.2 Å². The average molecular weight is 330 g/mol. The second-order valence-electron chi connectivity index (χ2n) is 5.91. The van der Waals surface area contributed by atoms with Crippen molar-refractivity contribution in [1.29, 1.82) is 0 Å². The number of nitrogens with zero attached hydrogens (tertiary/aromatic N) is 3. The van der Waals surface area contributed by atoms with Gasteiger partial charge in [0, 0.05) is 18.8 Å². The van der Waals surface area contributed by atoms with Crippen molar-refractivity contribution >= 4 is 12.2 Å². The summed E-state index contributed by atoms with van der Waals surface area (Å²) in [4.78, 5) is 5.73. The molecule has 1 aromatic heterocycles. The molecule has 0 radical (unpaired) electrons. The van der Waals surface area contributed by atoms with Gasteiger partial charge >= 0.3 is 6.18 Å². The summed E-state index contributed by atoms with van der Waals surface area (Å²) in [5, 5.41) is 2.30. The van der Waals surface area contributed by atoms with Gasteiger partial charge in [-0.15, -0.1) is 0 Å². The summed E-state index contributed by atoms with van der Waals surface area (Å²) >= 11 is 4.99. The lowest BCUT2D eigenvalue weighted by Crippen LogP contribution is -2.32. The molecule has 2 heterocycles. The Bertz CT molecular complexity index is 679. The monoisotopic (exact) mass is 330 g/mol. The van der Waals surface area contributed by atoms with Crippen molar-refractivity contribution in [3.05, 3.63) is 34.5 Å². The van der Waals surface area contributed by atoms with E-state index < -0.39 is 17.5 Å². The van der Waals surface area contributed by atoms with Crippen LogP contribution < -0.4 is 0 Å². The molecular formula is C14H17F3N4S. The molecule has 3 rings (SSSR count). The van der Waals surface area contributed by atoms with Gasteiger partial charge in [-0.05, 0) is 44.5 Å². The predicted molar refractivity (Wildman–Crippen MR) is 78.7 cm³/mol. The number of halogens is 3. The molecule has 0 spiro atoms. The zero-order valence-corrected chi connectivity index (χ0v) is 13.0. The second kappa shape index (κ2) is 5.26. The Kier molecular flexibility index (Phi) is 3.66. The lowest BCUT2D eigenvalue weighted by molar-refractivity contribution is -0.145. The summed E-state index contributed by atoms with van der Waals surface area (Å²) < 4.78 is 39.5. The molecule has 1 saturated heterocycles. The molecule has 1 aromatic rings. The molecule has 8 heteroatoms. The topological polar surface area (TPSA) is 36.9 Å². The van der Waals surface area contributed by atoms with E-state index in [1.54, 1.807) is 0 Å². The summed E-state index contributed by atoms with van der Waals surface area (Å²) in [7, 11) is 0. The summed E-state index contributed by atoms with van der Waals surface area (Å²) in [6.07, 6.45) is 4.33. The number of hydrogen-bond acceptors (Lipinski definition) is 3. The fraction of sp³-hybridized carbons (Fsp3) is 0.571. The van der Waals surface area contributed by atoms with E-state index in [1.165, 1.54) is 17.5 Å². The number of alkyl halides is 3. The third-order valence-corrected chi connectivity index (χ3v) is 4.48. The number of H-pyrrole nitrogens is 1. The minimum Gasteiger partial charge on any atom is -0.372 e. The molecule has 0 amide bonds. The van der Waals surface area contributed by atoms with Gasteiger partial charge in [0.05, 0.1) is 5.54 Å². The second-order valence-corrected chi connectivity index (χ2v) is 6.27. The average Bonchev–Trinajstić information content (AvgIpc) is 3.08. The molecule has 120 valence electrons. The van der Waals surface area contributed by atoms with Crippen LogP contribution in [-0.2, 0) is 11.7 Å². The zero-order valence-electron chi connectivity index (χ0n) is 12.2. The van der Waals surface area contributed by atoms with Crippen molar-refractivity contribution in [2.24, 2.45) is 0 Å². The predicted octanol–water partition coefficient (Wildman–Crippen LogP) is 3.61. The van der Waals surface area contributed by atoms with E-state index in [9.17, 15) is 13.2 Å². The highest BCUT2D eigenvalue weighted by atomic mass is 32.1. The van der Waals surface area contributed by atoms with Crippen LogP contribution in [0.15, 0.2) is 23.9 Å². The molecule has 4 nitrogen and oxygen atoms in total. The summed E-state index contributed by atoms with van der Waals surface area (Å²) in [5.74, 6) is -1.05. The van der Waals surface area contributed by atoms with Gasteiger partial charge < -0.3 is 4.90 Å². The number of hydrogen-bond donors (Lipinski definition) is 1. The third-order valence-electron chi connectivity index (χ3n) is 4.20. The maximum atomic E-state index is 12.7. The molecular weight excluding hydrogens is 313 g/mol. The summed E-state index contributed by atoms with van der Waals surface area (Å²) in [6, 6.07) is 0. The van der Waals surface area contributed by atoms with Gasteiger partial charge in [-0.25, -0.2) is 4.68 Å². The van der Waals surface area contributed by atoms with E-state index in [0.29, 0.717) is 6.42 Å². The highest BCUT2D eigenvalue weighted by molar-refractivity contribution is 7.71. The molecule has 0 saturated carbocycles. The zero-order chi connectivity index (χ0) is 16.0. The van der Waals surface area contributed by atoms with Gasteiger partial charge in [-0.3, -0.25) is 5.10 Å². The summed E-state index contributed by atoms with van der Waals surface area (Å²) in [5.41, 5.74) is 0.480. The largest absolute Gasteiger partial charge is 0.451 e. The van der Waals surface area contributed by atoms with Gasteiger partial charge in [0.1, 0.15) is 0 Å². The van der Waals surface area contributed by atoms with Crippen LogP contribution in [0.25, 0.3) is 0 Å². The molecule has 0 bridgehead atoms. The van der Waals surface area contributed by atoms with Crippen LogP contribution in [-0.4, -0.2) is 32.8 Å². The molecule has 0 aromatic carbocycles. The van der Waals surface area contributed by atoms with Gasteiger partial charge in [0.2, 0.25) is 10.6 Å². The molecule has 22 heavy (non-hydrogen) atoms. The van der Waals surface area contributed by atoms with Crippen LogP contribution in [0.4, 0.5) is 13.2 Å². The van der Waals surface area contributed by atoms with Crippen LogP contribution in [0, 0.1) is 4.77 Å². The smallest absolute Gasteiger partial charge is 0.372 e. The Morgan fingerprint density at radius 2 is 2.00 bits per heavy atom. The Hall–Kier alpha value is -1.57. The third kappa shape index (κ3) is 2.71. The lowest BCUT2D eigenvalue weighted by atomic mass is 9.92. The molecule has 1 unspecified atom stereocenters. The molecule has 1 N–H and O–H groups in total. The summed E-state index contributed by atoms with van der Waals surface area (Å²) in [6.45, 7) is 3.91. The van der Waals surface area contributed by atoms with Crippen molar-refractivity contribution in [3.8, 4) is 0 Å². The van der Waals surface area contributed by atoms with E-state index in [4.69, 9.17) is 12.2 Å². The first-order valence-electron chi connectivity index (χ1n) is 7.21. The molecule has 1 aliphatic carbocycles. The van der Waals surface area contributed by atoms with Crippen molar-refractivity contribution in [1.82, 2.24) is 19.7 Å². The highest BCUT2D eigenvalue weighted by Gasteiger charge is 2.37. The first-order valence-corrected chi connectivity index (χ1v) is 7.61. The van der Waals surface area contributed by atoms with E-state index in [1.807, 2.05) is 19.1 Å². The Morgan fingerprint density at radius 1 is 1.32 bits per heavy atom. The van der Waals surface area contributed by atoms with Crippen molar-refractivity contribution in [3.63, 3.8) is 0 Å². The van der Waals surface area contributed by atoms with E-state index in [0.717, 1.165) is 18.8 Å². The molecule has 1 aliphatic heterocycles. The highest BCUT2D eigenvalue weighted by Crippen LogP contribution is 2.32. The maximum Gasteiger partial charge on any atom is 0.451 e. The number of aromatic amines is 1. The van der Waals surface area contributed by atoms with Crippen LogP contribution in [0.1, 0.15) is 32.0 Å². The first kappa shape index (κ1) is 15.3. The number of nitrogens with one attached hydrogen (secondary N) is 1. The minimum atomic E-state index is -4.52. The first-order chi connectivity index (χ1) is 10.3. The molecule has 2 aliphatic rings. The van der Waals surface area contributed by atoms with Crippen LogP contribution in [0.2, 0.25) is 0 Å². The molecule has 1 fully saturated rings. The molecule has 1 atom stereocenters. The van der Waals surface area contributed by atoms with E-state index >= 15 is 0 Å². The fourth-order valence-electron chi connectivity index (χ4n) is 2.89. The minimum absolute atomic E-state index is 0.0857. The van der Waals surface area contributed by atoms with E-state index in [-0.39, 0.29) is 4.77 Å². The van der Waals surface area contributed by atoms with Gasteiger partial charge in [0.25, 0.3) is 0 Å². The van der Waals surface area contributed by atoms with Gasteiger partial charge in [-0.2, -0.15) is 18.2 Å². The van der Waals surface area contributed by atoms with Crippen LogP contribution in [0.5, 0.6) is 0 Å². The van der Waals surface area contributed by atoms with Crippen molar-refractivity contribution < 1.29 is 13.2 Å². The maximum absolute atomic E-state index is 12.7. The Balaban J connectivity index is 1.86.